The van der Waals surface area contributed by atoms with Crippen LogP contribution in [0.25, 0.3) is 0 Å². The smallest absolute Gasteiger partial charge is 0.339 e. The van der Waals surface area contributed by atoms with Crippen molar-refractivity contribution in [1.82, 2.24) is 4.90 Å². The van der Waals surface area contributed by atoms with Crippen molar-refractivity contribution in [3.05, 3.63) is 81.2 Å². The lowest BCUT2D eigenvalue weighted by molar-refractivity contribution is -0.119. The van der Waals surface area contributed by atoms with Crippen LogP contribution in [0.1, 0.15) is 83.8 Å². The highest BCUT2D eigenvalue weighted by molar-refractivity contribution is 7.87. The van der Waals surface area contributed by atoms with Crippen LogP contribution in [-0.4, -0.2) is 31.4 Å². The Balaban J connectivity index is 1.75. The molecule has 1 heterocycles. The molecule has 2 aliphatic carbocycles. The van der Waals surface area contributed by atoms with Gasteiger partial charge < -0.3 is 9.08 Å². The first-order valence-corrected chi connectivity index (χ1v) is 16.0. The van der Waals surface area contributed by atoms with Crippen molar-refractivity contribution in [3.8, 4) is 5.75 Å². The largest absolute Gasteiger partial charge is 0.379 e. The van der Waals surface area contributed by atoms with Gasteiger partial charge in [-0.15, -0.1) is 0 Å². The number of hydrogen-bond acceptors (Lipinski definition) is 6. The molecule has 3 aliphatic rings. The highest BCUT2D eigenvalue weighted by Crippen LogP contribution is 2.55. The first kappa shape index (κ1) is 29.6. The summed E-state index contributed by atoms with van der Waals surface area (Å²) in [5.74, 6) is -0.752. The van der Waals surface area contributed by atoms with Crippen molar-refractivity contribution < 1.29 is 22.2 Å². The van der Waals surface area contributed by atoms with Crippen LogP contribution in [-0.2, 0) is 19.7 Å². The van der Waals surface area contributed by atoms with E-state index in [0.717, 1.165) is 23.4 Å². The molecule has 0 radical (unpaired) electrons. The van der Waals surface area contributed by atoms with Gasteiger partial charge in [0.1, 0.15) is 10.6 Å². The van der Waals surface area contributed by atoms with Crippen molar-refractivity contribution in [3.63, 3.8) is 0 Å². The van der Waals surface area contributed by atoms with Crippen LogP contribution in [0.2, 0.25) is 5.02 Å². The number of Topliss-reactive ketones (excluding diaryl/α,β-unsaturated/α-hetero) is 2. The zero-order valence-corrected chi connectivity index (χ0v) is 26.2. The molecule has 6 nitrogen and oxygen atoms in total. The highest BCUT2D eigenvalue weighted by atomic mass is 35.5. The molecule has 1 aliphatic heterocycles. The minimum atomic E-state index is -4.20. The fourth-order valence-corrected chi connectivity index (χ4v) is 7.68. The number of hydrogen-bond donors (Lipinski definition) is 0. The van der Waals surface area contributed by atoms with Gasteiger partial charge in [-0.25, -0.2) is 0 Å². The predicted molar refractivity (Wildman–Crippen MR) is 160 cm³/mol. The van der Waals surface area contributed by atoms with E-state index in [4.69, 9.17) is 15.8 Å². The number of carbonyl (C=O) groups is 2. The summed E-state index contributed by atoms with van der Waals surface area (Å²) in [6.45, 7) is 13.0. The average Bonchev–Trinajstić information content (AvgIpc) is 2.85. The second kappa shape index (κ2) is 10.4. The minimum absolute atomic E-state index is 0.0209. The number of aryl methyl sites for hydroxylation is 1. The van der Waals surface area contributed by atoms with Crippen LogP contribution in [0.3, 0.4) is 0 Å². The first-order chi connectivity index (χ1) is 19.1. The molecule has 5 rings (SSSR count). The molecule has 41 heavy (non-hydrogen) atoms. The second-order valence-corrected chi connectivity index (χ2v) is 15.2. The monoisotopic (exact) mass is 595 g/mol. The molecule has 2 aromatic rings. The summed E-state index contributed by atoms with van der Waals surface area (Å²) in [4.78, 5) is 30.3. The Hall–Kier alpha value is -2.90. The van der Waals surface area contributed by atoms with Crippen LogP contribution < -0.4 is 4.18 Å². The molecule has 2 aromatic carbocycles. The molecule has 0 unspecified atom stereocenters. The van der Waals surface area contributed by atoms with Crippen LogP contribution >= 0.6 is 11.6 Å². The van der Waals surface area contributed by atoms with E-state index in [1.54, 1.807) is 24.3 Å². The van der Waals surface area contributed by atoms with Gasteiger partial charge in [0, 0.05) is 58.4 Å². The summed E-state index contributed by atoms with van der Waals surface area (Å²) >= 11 is 6.52. The molecule has 0 saturated carbocycles. The molecule has 0 N–H and O–H groups in total. The van der Waals surface area contributed by atoms with Gasteiger partial charge in [-0.1, -0.05) is 63.9 Å². The predicted octanol–water partition coefficient (Wildman–Crippen LogP) is 7.51. The number of rotatable bonds is 6. The van der Waals surface area contributed by atoms with Gasteiger partial charge in [0.25, 0.3) is 0 Å². The average molecular weight is 596 g/mol. The van der Waals surface area contributed by atoms with Crippen LogP contribution in [0.5, 0.6) is 5.75 Å². The van der Waals surface area contributed by atoms with Crippen molar-refractivity contribution in [2.24, 2.45) is 10.8 Å². The first-order valence-electron chi connectivity index (χ1n) is 14.2. The van der Waals surface area contributed by atoms with E-state index < -0.39 is 16.0 Å². The van der Waals surface area contributed by atoms with E-state index in [2.05, 4.69) is 39.5 Å². The quantitative estimate of drug-likeness (QED) is 0.321. The third-order valence-corrected chi connectivity index (χ3v) is 9.74. The van der Waals surface area contributed by atoms with Crippen molar-refractivity contribution in [2.45, 2.75) is 84.5 Å². The normalized spacial score (nSPS) is 20.7. The number of nitrogens with zero attached hydrogens (tertiary/aromatic N) is 1. The summed E-state index contributed by atoms with van der Waals surface area (Å²) in [5.41, 5.74) is 3.82. The van der Waals surface area contributed by atoms with E-state index in [1.807, 2.05) is 6.92 Å². The van der Waals surface area contributed by atoms with Crippen LogP contribution in [0, 0.1) is 17.8 Å². The summed E-state index contributed by atoms with van der Waals surface area (Å²) < 4.78 is 32.6. The third-order valence-electron chi connectivity index (χ3n) is 8.26. The Morgan fingerprint density at radius 1 is 0.878 bits per heavy atom. The fourth-order valence-electron chi connectivity index (χ4n) is 6.54. The van der Waals surface area contributed by atoms with Crippen LogP contribution in [0.15, 0.2) is 69.9 Å². The Bertz CT molecular complexity index is 1540. The number of ketones is 2. The van der Waals surface area contributed by atoms with E-state index in [0.29, 0.717) is 54.0 Å². The Labute approximate surface area is 248 Å². The van der Waals surface area contributed by atoms with E-state index >= 15 is 0 Å². The molecule has 0 spiro atoms. The summed E-state index contributed by atoms with van der Waals surface area (Å²) in [7, 11) is -4.20. The fraction of sp³-hybridized carbons (Fsp3) is 0.455. The lowest BCUT2D eigenvalue weighted by Gasteiger charge is -2.49. The topological polar surface area (TPSA) is 80.8 Å². The van der Waals surface area contributed by atoms with Gasteiger partial charge >= 0.3 is 10.1 Å². The number of carbonyl (C=O) groups excluding carboxylic acids is 2. The Kier molecular flexibility index (Phi) is 7.52. The van der Waals surface area contributed by atoms with Crippen molar-refractivity contribution in [1.29, 1.82) is 0 Å². The third kappa shape index (κ3) is 5.63. The highest BCUT2D eigenvalue weighted by Gasteiger charge is 2.49. The van der Waals surface area contributed by atoms with E-state index in [9.17, 15) is 18.0 Å². The number of benzene rings is 2. The van der Waals surface area contributed by atoms with Gasteiger partial charge in [-0.2, -0.15) is 8.42 Å². The standard InChI is InChI=1S/C33H38ClNO5S/c1-7-14-35-24-16-32(3,4)18-26(36)30(24)29(31-25(35)17-33(5,6)19-27(31)37)23-15-21(34)10-13-28(23)40-41(38,39)22-11-8-20(2)9-12-22/h8-13,15,29H,7,14,16-19H2,1-6H3. The van der Waals surface area contributed by atoms with Gasteiger partial charge in [-0.05, 0) is 67.3 Å². The lowest BCUT2D eigenvalue weighted by atomic mass is 9.63. The molecule has 0 saturated heterocycles. The molecule has 218 valence electrons. The summed E-state index contributed by atoms with van der Waals surface area (Å²) in [6, 6.07) is 11.2. The second-order valence-electron chi connectivity index (χ2n) is 13.2. The molecule has 0 amide bonds. The summed E-state index contributed by atoms with van der Waals surface area (Å²) in [5, 5.41) is 0.368. The van der Waals surface area contributed by atoms with Crippen molar-refractivity contribution >= 4 is 33.3 Å². The van der Waals surface area contributed by atoms with Gasteiger partial charge in [0.2, 0.25) is 0 Å². The maximum absolute atomic E-state index is 14.0. The zero-order valence-electron chi connectivity index (χ0n) is 24.6. The van der Waals surface area contributed by atoms with Crippen molar-refractivity contribution in [2.75, 3.05) is 6.54 Å². The maximum Gasteiger partial charge on any atom is 0.339 e. The van der Waals surface area contributed by atoms with Gasteiger partial charge in [-0.3, -0.25) is 9.59 Å². The van der Waals surface area contributed by atoms with E-state index in [-0.39, 0.29) is 33.0 Å². The molecule has 0 fully saturated rings. The molecule has 0 atom stereocenters. The van der Waals surface area contributed by atoms with Gasteiger partial charge in [0.05, 0.1) is 0 Å². The molecular weight excluding hydrogens is 558 g/mol. The summed E-state index contributed by atoms with van der Waals surface area (Å²) in [6.07, 6.45) is 2.87. The number of allylic oxidation sites excluding steroid dienone is 4. The van der Waals surface area contributed by atoms with Crippen LogP contribution in [0.4, 0.5) is 0 Å². The number of halogens is 1. The Morgan fingerprint density at radius 2 is 1.41 bits per heavy atom. The Morgan fingerprint density at radius 3 is 1.93 bits per heavy atom. The lowest BCUT2D eigenvalue weighted by Crippen LogP contribution is -2.44. The molecule has 0 aromatic heterocycles. The molecule has 0 bridgehead atoms. The minimum Gasteiger partial charge on any atom is -0.379 e. The molecular formula is C33H38ClNO5S. The molecule has 8 heteroatoms. The maximum atomic E-state index is 14.0. The van der Waals surface area contributed by atoms with Gasteiger partial charge in [0.15, 0.2) is 11.6 Å². The SMILES string of the molecule is CCCN1C2=C(C(=O)CC(C)(C)C2)C(c2cc(Cl)ccc2OS(=O)(=O)c2ccc(C)cc2)C2=C1CC(C)(C)CC2=O. The van der Waals surface area contributed by atoms with E-state index in [1.165, 1.54) is 18.2 Å². The zero-order chi connectivity index (χ0) is 29.9.